The Balaban J connectivity index is 1.76. The number of carbonyl (C=O) groups is 1. The number of aromatic hydroxyl groups is 1. The Hall–Kier alpha value is -2.71. The van der Waals surface area contributed by atoms with Crippen LogP contribution < -0.4 is 14.9 Å². The fraction of sp³-hybridized carbons (Fsp3) is 0.200. The molecular weight excluding hydrogens is 464 g/mol. The van der Waals surface area contributed by atoms with Crippen molar-refractivity contribution in [1.29, 1.82) is 0 Å². The standard InChI is InChI=1S/C20H18BrClN2O5/c1-3-27-13-5-6-14-11(7-13)8-16(29-14)20(26)24-23-10-12-9-15(28-4-2)19(25)18(22)17(12)21/h5-10,25H,3-4H2,1-2H3,(H,24,26)/b23-10+. The molecule has 0 aliphatic carbocycles. The van der Waals surface area contributed by atoms with Gasteiger partial charge in [-0.25, -0.2) is 5.43 Å². The molecule has 0 spiro atoms. The molecule has 9 heteroatoms. The molecule has 3 rings (SSSR count). The van der Waals surface area contributed by atoms with Crippen molar-refractivity contribution in [3.63, 3.8) is 0 Å². The molecule has 0 aliphatic rings. The largest absolute Gasteiger partial charge is 0.503 e. The first kappa shape index (κ1) is 21.0. The molecule has 0 bridgehead atoms. The van der Waals surface area contributed by atoms with Gasteiger partial charge >= 0.3 is 5.91 Å². The van der Waals surface area contributed by atoms with Gasteiger partial charge in [0.05, 0.1) is 19.4 Å². The second-order valence-electron chi connectivity index (χ2n) is 5.82. The number of rotatable bonds is 7. The molecule has 0 unspecified atom stereocenters. The first-order valence-electron chi connectivity index (χ1n) is 8.78. The zero-order chi connectivity index (χ0) is 21.0. The third kappa shape index (κ3) is 4.65. The van der Waals surface area contributed by atoms with Crippen LogP contribution >= 0.6 is 27.5 Å². The molecule has 0 atom stereocenters. The highest BCUT2D eigenvalue weighted by Gasteiger charge is 2.15. The summed E-state index contributed by atoms with van der Waals surface area (Å²) in [6, 6.07) is 8.49. The van der Waals surface area contributed by atoms with Crippen LogP contribution in [0.5, 0.6) is 17.2 Å². The molecule has 0 saturated carbocycles. The van der Waals surface area contributed by atoms with Crippen LogP contribution in [-0.4, -0.2) is 30.4 Å². The highest BCUT2D eigenvalue weighted by atomic mass is 79.9. The van der Waals surface area contributed by atoms with Crippen molar-refractivity contribution in [3.05, 3.63) is 51.2 Å². The van der Waals surface area contributed by atoms with Gasteiger partial charge in [0.15, 0.2) is 17.3 Å². The second-order valence-corrected chi connectivity index (χ2v) is 6.99. The van der Waals surface area contributed by atoms with Gasteiger partial charge in [0.1, 0.15) is 16.4 Å². The molecule has 0 radical (unpaired) electrons. The average molecular weight is 482 g/mol. The van der Waals surface area contributed by atoms with Crippen molar-refractivity contribution in [3.8, 4) is 17.2 Å². The lowest BCUT2D eigenvalue weighted by molar-refractivity contribution is 0.0929. The lowest BCUT2D eigenvalue weighted by atomic mass is 10.2. The molecule has 29 heavy (non-hydrogen) atoms. The second kappa shape index (κ2) is 9.19. The summed E-state index contributed by atoms with van der Waals surface area (Å²) in [5.41, 5.74) is 3.48. The molecule has 7 nitrogen and oxygen atoms in total. The fourth-order valence-corrected chi connectivity index (χ4v) is 3.18. The minimum absolute atomic E-state index is 0.0890. The van der Waals surface area contributed by atoms with E-state index in [0.717, 1.165) is 5.39 Å². The monoisotopic (exact) mass is 480 g/mol. The van der Waals surface area contributed by atoms with Crippen molar-refractivity contribution in [1.82, 2.24) is 5.43 Å². The number of benzene rings is 2. The first-order chi connectivity index (χ1) is 13.9. The van der Waals surface area contributed by atoms with Crippen LogP contribution in [0.25, 0.3) is 11.0 Å². The van der Waals surface area contributed by atoms with E-state index in [0.29, 0.717) is 34.6 Å². The number of fused-ring (bicyclic) bond motifs is 1. The van der Waals surface area contributed by atoms with Crippen LogP contribution in [0.15, 0.2) is 44.3 Å². The van der Waals surface area contributed by atoms with E-state index >= 15 is 0 Å². The van der Waals surface area contributed by atoms with E-state index < -0.39 is 5.91 Å². The number of halogens is 2. The summed E-state index contributed by atoms with van der Waals surface area (Å²) in [5, 5.41) is 14.8. The lowest BCUT2D eigenvalue weighted by Crippen LogP contribution is -2.16. The third-order valence-electron chi connectivity index (χ3n) is 3.87. The zero-order valence-electron chi connectivity index (χ0n) is 15.7. The van der Waals surface area contributed by atoms with Crippen molar-refractivity contribution in [2.24, 2.45) is 5.10 Å². The predicted octanol–water partition coefficient (Wildman–Crippen LogP) is 5.12. The molecule has 0 aliphatic heterocycles. The van der Waals surface area contributed by atoms with Gasteiger partial charge in [-0.2, -0.15) is 5.10 Å². The van der Waals surface area contributed by atoms with Crippen LogP contribution in [-0.2, 0) is 0 Å². The number of phenols is 1. The van der Waals surface area contributed by atoms with Crippen LogP contribution in [0.4, 0.5) is 0 Å². The highest BCUT2D eigenvalue weighted by molar-refractivity contribution is 9.10. The molecule has 0 fully saturated rings. The van der Waals surface area contributed by atoms with Gasteiger partial charge < -0.3 is 19.0 Å². The highest BCUT2D eigenvalue weighted by Crippen LogP contribution is 2.41. The van der Waals surface area contributed by atoms with Crippen LogP contribution in [0.1, 0.15) is 30.0 Å². The number of hydrazone groups is 1. The Morgan fingerprint density at radius 3 is 2.76 bits per heavy atom. The number of nitrogens with one attached hydrogen (secondary N) is 1. The predicted molar refractivity (Wildman–Crippen MR) is 114 cm³/mol. The molecule has 0 saturated heterocycles. The normalized spacial score (nSPS) is 11.2. The number of hydrogen-bond acceptors (Lipinski definition) is 6. The van der Waals surface area contributed by atoms with Crippen molar-refractivity contribution in [2.75, 3.05) is 13.2 Å². The Morgan fingerprint density at radius 2 is 2.03 bits per heavy atom. The van der Waals surface area contributed by atoms with Gasteiger partial charge in [0.25, 0.3) is 0 Å². The van der Waals surface area contributed by atoms with E-state index in [1.807, 2.05) is 6.92 Å². The Morgan fingerprint density at radius 1 is 1.28 bits per heavy atom. The summed E-state index contributed by atoms with van der Waals surface area (Å²) < 4.78 is 16.8. The summed E-state index contributed by atoms with van der Waals surface area (Å²) in [5.74, 6) is 0.348. The number of amides is 1. The Labute approximate surface area is 180 Å². The van der Waals surface area contributed by atoms with Gasteiger partial charge in [-0.1, -0.05) is 11.6 Å². The van der Waals surface area contributed by atoms with Gasteiger partial charge in [0.2, 0.25) is 0 Å². The molecule has 1 aromatic heterocycles. The Bertz CT molecular complexity index is 1080. The minimum Gasteiger partial charge on any atom is -0.503 e. The van der Waals surface area contributed by atoms with Crippen molar-refractivity contribution < 1.29 is 23.8 Å². The van der Waals surface area contributed by atoms with Gasteiger partial charge in [0, 0.05) is 15.4 Å². The maximum atomic E-state index is 12.3. The summed E-state index contributed by atoms with van der Waals surface area (Å²) in [4.78, 5) is 12.3. The minimum atomic E-state index is -0.513. The third-order valence-corrected chi connectivity index (χ3v) is 5.32. The SMILES string of the molecule is CCOc1ccc2oc(C(=O)N/N=C/c3cc(OCC)c(O)c(Cl)c3Br)cc2c1. The topological polar surface area (TPSA) is 93.3 Å². The quantitative estimate of drug-likeness (QED) is 0.361. The van der Waals surface area contributed by atoms with E-state index in [4.69, 9.17) is 25.5 Å². The number of hydrogen-bond donors (Lipinski definition) is 2. The number of furan rings is 1. The molecule has 152 valence electrons. The molecular formula is C20H18BrClN2O5. The number of phenolic OH excluding ortho intramolecular Hbond substituents is 1. The summed E-state index contributed by atoms with van der Waals surface area (Å²) in [6.45, 7) is 4.59. The molecule has 1 heterocycles. The zero-order valence-corrected chi connectivity index (χ0v) is 18.0. The Kier molecular flexibility index (Phi) is 6.66. The maximum Gasteiger partial charge on any atom is 0.307 e. The average Bonchev–Trinajstić information content (AvgIpc) is 3.13. The number of nitrogens with zero attached hydrogens (tertiary/aromatic N) is 1. The number of carbonyl (C=O) groups excluding carboxylic acids is 1. The molecule has 2 aromatic carbocycles. The molecule has 2 N–H and O–H groups in total. The summed E-state index contributed by atoms with van der Waals surface area (Å²) in [6.07, 6.45) is 1.38. The maximum absolute atomic E-state index is 12.3. The van der Waals surface area contributed by atoms with E-state index in [-0.39, 0.29) is 22.3 Å². The van der Waals surface area contributed by atoms with Gasteiger partial charge in [-0.05, 0) is 60.1 Å². The van der Waals surface area contributed by atoms with Gasteiger partial charge in [-0.3, -0.25) is 4.79 Å². The van der Waals surface area contributed by atoms with Crippen LogP contribution in [0, 0.1) is 0 Å². The first-order valence-corrected chi connectivity index (χ1v) is 9.95. The fourth-order valence-electron chi connectivity index (χ4n) is 2.58. The molecule has 1 amide bonds. The van der Waals surface area contributed by atoms with E-state index in [1.54, 1.807) is 37.3 Å². The van der Waals surface area contributed by atoms with Crippen LogP contribution in [0.2, 0.25) is 5.02 Å². The molecule has 3 aromatic rings. The smallest absolute Gasteiger partial charge is 0.307 e. The van der Waals surface area contributed by atoms with Crippen molar-refractivity contribution in [2.45, 2.75) is 13.8 Å². The number of ether oxygens (including phenoxy) is 2. The van der Waals surface area contributed by atoms with E-state index in [1.165, 1.54) is 6.21 Å². The van der Waals surface area contributed by atoms with Crippen LogP contribution in [0.3, 0.4) is 0 Å². The van der Waals surface area contributed by atoms with E-state index in [9.17, 15) is 9.90 Å². The van der Waals surface area contributed by atoms with E-state index in [2.05, 4.69) is 26.5 Å². The summed E-state index contributed by atoms with van der Waals surface area (Å²) in [7, 11) is 0. The lowest BCUT2D eigenvalue weighted by Gasteiger charge is -2.10. The van der Waals surface area contributed by atoms with Crippen molar-refractivity contribution >= 4 is 50.6 Å². The van der Waals surface area contributed by atoms with Gasteiger partial charge in [-0.15, -0.1) is 0 Å². The summed E-state index contributed by atoms with van der Waals surface area (Å²) >= 11 is 9.38.